The summed E-state index contributed by atoms with van der Waals surface area (Å²) >= 11 is 0. The monoisotopic (exact) mass is 126 g/mol. The molecule has 3 nitrogen and oxygen atoms in total. The van der Waals surface area contributed by atoms with Gasteiger partial charge in [0.1, 0.15) is 0 Å². The summed E-state index contributed by atoms with van der Waals surface area (Å²) < 4.78 is 1.78. The molecule has 0 fully saturated rings. The molecule has 0 amide bonds. The first kappa shape index (κ1) is 8.01. The molecule has 9 heavy (non-hydrogen) atoms. The lowest BCUT2D eigenvalue weighted by molar-refractivity contribution is -0.677. The molecule has 1 heterocycles. The quantitative estimate of drug-likeness (QED) is 0.469. The summed E-state index contributed by atoms with van der Waals surface area (Å²) in [5, 5.41) is 0. The Morgan fingerprint density at radius 1 is 1.11 bits per heavy atom. The average Bonchev–Trinajstić information content (AvgIpc) is 1.94. The van der Waals surface area contributed by atoms with Crippen LogP contribution >= 0.6 is 0 Å². The van der Waals surface area contributed by atoms with Gasteiger partial charge in [-0.2, -0.15) is 0 Å². The van der Waals surface area contributed by atoms with Gasteiger partial charge < -0.3 is 0 Å². The zero-order chi connectivity index (χ0) is 7.11. The zero-order valence-corrected chi connectivity index (χ0v) is 6.07. The molecule has 0 saturated heterocycles. The van der Waals surface area contributed by atoms with E-state index in [1.165, 1.54) is 6.33 Å². The van der Waals surface area contributed by atoms with E-state index in [0.717, 1.165) is 0 Å². The third kappa shape index (κ3) is 3.58. The Morgan fingerprint density at radius 2 is 1.56 bits per heavy atom. The van der Waals surface area contributed by atoms with Crippen LogP contribution in [0.25, 0.3) is 0 Å². The molecule has 50 valence electrons. The van der Waals surface area contributed by atoms with Crippen molar-refractivity contribution in [1.29, 1.82) is 0 Å². The Kier molecular flexibility index (Phi) is 4.59. The molecular weight excluding hydrogens is 114 g/mol. The summed E-state index contributed by atoms with van der Waals surface area (Å²) in [5.74, 6) is 0. The van der Waals surface area contributed by atoms with Crippen LogP contribution in [-0.4, -0.2) is 9.97 Å². The fourth-order valence-electron chi connectivity index (χ4n) is 0.338. The molecule has 0 aliphatic rings. The lowest BCUT2D eigenvalue weighted by atomic mass is 11.0. The number of hydrogen-bond acceptors (Lipinski definition) is 2. The van der Waals surface area contributed by atoms with Crippen LogP contribution in [0.5, 0.6) is 0 Å². The summed E-state index contributed by atoms with van der Waals surface area (Å²) in [7, 11) is 1.88. The predicted molar refractivity (Wildman–Crippen MR) is 34.6 cm³/mol. The Hall–Kier alpha value is -0.990. The topological polar surface area (TPSA) is 29.7 Å². The van der Waals surface area contributed by atoms with Crippen LogP contribution in [-0.2, 0) is 7.05 Å². The van der Waals surface area contributed by atoms with Crippen LogP contribution < -0.4 is 4.57 Å². The fraction of sp³-hybridized carbons (Fsp3) is 0.500. The van der Waals surface area contributed by atoms with Crippen LogP contribution in [0.2, 0.25) is 0 Å². The third-order valence-corrected chi connectivity index (χ3v) is 0.631. The van der Waals surface area contributed by atoms with Crippen LogP contribution in [0.4, 0.5) is 0 Å². The van der Waals surface area contributed by atoms with Gasteiger partial charge in [0.2, 0.25) is 12.7 Å². The second-order valence-corrected chi connectivity index (χ2v) is 1.31. The maximum Gasteiger partial charge on any atom is 0.263 e. The molecule has 0 N–H and O–H groups in total. The molecule has 3 heteroatoms. The Balaban J connectivity index is 0.000000291. The number of aromatic nitrogens is 3. The molecule has 0 atom stereocenters. The normalized spacial score (nSPS) is 7.44. The molecule has 0 radical (unpaired) electrons. The van der Waals surface area contributed by atoms with Gasteiger partial charge >= 0.3 is 0 Å². The molecule has 0 aromatic carbocycles. The Bertz CT molecular complexity index is 138. The number of nitrogens with zero attached hydrogens (tertiary/aromatic N) is 3. The molecule has 0 aliphatic carbocycles. The second kappa shape index (κ2) is 5.15. The van der Waals surface area contributed by atoms with Crippen molar-refractivity contribution in [2.75, 3.05) is 0 Å². The van der Waals surface area contributed by atoms with E-state index in [-0.39, 0.29) is 0 Å². The molecule has 0 spiro atoms. The number of hydrogen-bond donors (Lipinski definition) is 0. The molecule has 0 unspecified atom stereocenters. The van der Waals surface area contributed by atoms with Gasteiger partial charge in [0.25, 0.3) is 6.33 Å². The fourth-order valence-corrected chi connectivity index (χ4v) is 0.338. The van der Waals surface area contributed by atoms with Gasteiger partial charge in [0.15, 0.2) is 0 Å². The van der Waals surface area contributed by atoms with Crippen molar-refractivity contribution in [3.8, 4) is 0 Å². The van der Waals surface area contributed by atoms with Gasteiger partial charge in [0.05, 0.1) is 7.05 Å². The zero-order valence-electron chi connectivity index (χ0n) is 6.07. The smallest absolute Gasteiger partial charge is 0.243 e. The van der Waals surface area contributed by atoms with Crippen molar-refractivity contribution in [3.05, 3.63) is 19.0 Å². The van der Waals surface area contributed by atoms with Crippen molar-refractivity contribution < 1.29 is 4.57 Å². The SMILES string of the molecule is CC.C[n+]1cncnc1. The standard InChI is InChI=1S/C4H6N3.C2H6/c1-7-3-5-2-6-4-7;1-2/h2-4H,1H3;1-2H3/q+1;. The molecule has 1 aromatic rings. The number of rotatable bonds is 0. The van der Waals surface area contributed by atoms with Crippen LogP contribution in [0.3, 0.4) is 0 Å². The first-order chi connectivity index (χ1) is 4.39. The second-order valence-electron chi connectivity index (χ2n) is 1.31. The van der Waals surface area contributed by atoms with Crippen molar-refractivity contribution in [3.63, 3.8) is 0 Å². The summed E-state index contributed by atoms with van der Waals surface area (Å²) in [5.41, 5.74) is 0. The van der Waals surface area contributed by atoms with Gasteiger partial charge in [-0.05, 0) is 0 Å². The van der Waals surface area contributed by atoms with E-state index in [9.17, 15) is 0 Å². The summed E-state index contributed by atoms with van der Waals surface area (Å²) in [6.07, 6.45) is 4.88. The first-order valence-corrected chi connectivity index (χ1v) is 3.00. The lowest BCUT2D eigenvalue weighted by Crippen LogP contribution is -2.27. The minimum Gasteiger partial charge on any atom is -0.243 e. The van der Waals surface area contributed by atoms with Gasteiger partial charge in [-0.15, -0.1) is 0 Å². The molecule has 0 saturated carbocycles. The van der Waals surface area contributed by atoms with Gasteiger partial charge in [-0.3, -0.25) is 0 Å². The minimum atomic E-state index is 1.50. The largest absolute Gasteiger partial charge is 0.263 e. The van der Waals surface area contributed by atoms with Crippen molar-refractivity contribution >= 4 is 0 Å². The Morgan fingerprint density at radius 3 is 1.78 bits per heavy atom. The average molecular weight is 126 g/mol. The highest BCUT2D eigenvalue weighted by Crippen LogP contribution is 1.55. The first-order valence-electron chi connectivity index (χ1n) is 3.00. The number of aryl methyl sites for hydroxylation is 1. The summed E-state index contributed by atoms with van der Waals surface area (Å²) in [6, 6.07) is 0. The van der Waals surface area contributed by atoms with Gasteiger partial charge in [-0.25, -0.2) is 4.57 Å². The summed E-state index contributed by atoms with van der Waals surface area (Å²) in [4.78, 5) is 7.47. The summed E-state index contributed by atoms with van der Waals surface area (Å²) in [6.45, 7) is 4.00. The highest BCUT2D eigenvalue weighted by Gasteiger charge is 1.80. The molecule has 1 aromatic heterocycles. The maximum atomic E-state index is 3.74. The van der Waals surface area contributed by atoms with Crippen LogP contribution in [0.15, 0.2) is 19.0 Å². The van der Waals surface area contributed by atoms with E-state index in [1.807, 2.05) is 20.9 Å². The van der Waals surface area contributed by atoms with Crippen molar-refractivity contribution in [2.24, 2.45) is 7.05 Å². The van der Waals surface area contributed by atoms with E-state index < -0.39 is 0 Å². The van der Waals surface area contributed by atoms with Gasteiger partial charge in [0, 0.05) is 0 Å². The van der Waals surface area contributed by atoms with E-state index in [4.69, 9.17) is 0 Å². The van der Waals surface area contributed by atoms with E-state index >= 15 is 0 Å². The molecule has 1 rings (SSSR count). The van der Waals surface area contributed by atoms with E-state index in [0.29, 0.717) is 0 Å². The van der Waals surface area contributed by atoms with Crippen LogP contribution in [0, 0.1) is 0 Å². The third-order valence-electron chi connectivity index (χ3n) is 0.631. The lowest BCUT2D eigenvalue weighted by Gasteiger charge is -1.77. The highest BCUT2D eigenvalue weighted by molar-refractivity contribution is 4.41. The molecular formula is C6H12N3+. The van der Waals surface area contributed by atoms with Gasteiger partial charge in [-0.1, -0.05) is 23.8 Å². The van der Waals surface area contributed by atoms with E-state index in [1.54, 1.807) is 17.2 Å². The van der Waals surface area contributed by atoms with Crippen LogP contribution in [0.1, 0.15) is 13.8 Å². The minimum absolute atomic E-state index is 1.50. The van der Waals surface area contributed by atoms with Crippen molar-refractivity contribution in [2.45, 2.75) is 13.8 Å². The highest BCUT2D eigenvalue weighted by atomic mass is 15.0. The van der Waals surface area contributed by atoms with Crippen molar-refractivity contribution in [1.82, 2.24) is 9.97 Å². The Labute approximate surface area is 55.4 Å². The maximum absolute atomic E-state index is 3.74. The van der Waals surface area contributed by atoms with E-state index in [2.05, 4.69) is 9.97 Å². The molecule has 0 aliphatic heterocycles. The molecule has 0 bridgehead atoms. The predicted octanol–water partition coefficient (Wildman–Crippen LogP) is 0.327.